The lowest BCUT2D eigenvalue weighted by atomic mass is 9.93. The van der Waals surface area contributed by atoms with E-state index in [1.807, 2.05) is 28.7 Å². The van der Waals surface area contributed by atoms with Crippen molar-refractivity contribution in [1.82, 2.24) is 0 Å². The molecule has 0 atom stereocenters. The molecule has 0 spiro atoms. The van der Waals surface area contributed by atoms with Gasteiger partial charge in [0.25, 0.3) is 0 Å². The van der Waals surface area contributed by atoms with Crippen LogP contribution in [0.3, 0.4) is 0 Å². The van der Waals surface area contributed by atoms with Crippen molar-refractivity contribution in [1.29, 1.82) is 0 Å². The predicted molar refractivity (Wildman–Crippen MR) is 123 cm³/mol. The van der Waals surface area contributed by atoms with Crippen LogP contribution in [0.1, 0.15) is 24.1 Å². The molecule has 0 amide bonds. The van der Waals surface area contributed by atoms with Crippen LogP contribution in [0.15, 0.2) is 65.3 Å². The van der Waals surface area contributed by atoms with Gasteiger partial charge in [-0.15, -0.1) is 22.7 Å². The van der Waals surface area contributed by atoms with Crippen molar-refractivity contribution >= 4 is 70.0 Å². The molecule has 0 saturated carbocycles. The van der Waals surface area contributed by atoms with Gasteiger partial charge in [0.05, 0.1) is 11.1 Å². The average molecular weight is 397 g/mol. The summed E-state index contributed by atoms with van der Waals surface area (Å²) in [5.41, 5.74) is 1.55. The zero-order chi connectivity index (χ0) is 18.2. The van der Waals surface area contributed by atoms with Gasteiger partial charge in [-0.3, -0.25) is 0 Å². The van der Waals surface area contributed by atoms with Crippen LogP contribution in [0.4, 0.5) is 0 Å². The summed E-state index contributed by atoms with van der Waals surface area (Å²) in [5, 5.41) is 8.41. The molecule has 0 radical (unpaired) electrons. The molecule has 1 aliphatic carbocycles. The van der Waals surface area contributed by atoms with E-state index in [-0.39, 0.29) is 0 Å². The molecular formula is C25H16OS2. The lowest BCUT2D eigenvalue weighted by molar-refractivity contribution is 0.584. The molecule has 0 bridgehead atoms. The van der Waals surface area contributed by atoms with Gasteiger partial charge < -0.3 is 4.42 Å². The van der Waals surface area contributed by atoms with Crippen molar-refractivity contribution in [3.05, 3.63) is 65.7 Å². The van der Waals surface area contributed by atoms with Crippen LogP contribution in [0.2, 0.25) is 0 Å². The number of hydrogen-bond acceptors (Lipinski definition) is 3. The molecule has 0 N–H and O–H groups in total. The number of rotatable bonds is 2. The summed E-state index contributed by atoms with van der Waals surface area (Å²) in [6, 6.07) is 17.7. The summed E-state index contributed by atoms with van der Waals surface area (Å²) in [7, 11) is 0. The second-order valence-corrected chi connectivity index (χ2v) is 9.67. The highest BCUT2D eigenvalue weighted by atomic mass is 32.1. The van der Waals surface area contributed by atoms with Gasteiger partial charge in [0.1, 0.15) is 5.76 Å². The Labute approximate surface area is 169 Å². The van der Waals surface area contributed by atoms with Gasteiger partial charge in [-0.2, -0.15) is 0 Å². The summed E-state index contributed by atoms with van der Waals surface area (Å²) < 4.78 is 8.57. The quantitative estimate of drug-likeness (QED) is 0.267. The van der Waals surface area contributed by atoms with Gasteiger partial charge in [-0.25, -0.2) is 0 Å². The summed E-state index contributed by atoms with van der Waals surface area (Å²) in [5.74, 6) is 0.969. The normalized spacial score (nSPS) is 14.9. The minimum Gasteiger partial charge on any atom is -0.463 e. The monoisotopic (exact) mass is 396 g/mol. The summed E-state index contributed by atoms with van der Waals surface area (Å²) in [6.45, 7) is 0. The first-order valence-corrected chi connectivity index (χ1v) is 11.4. The third-order valence-corrected chi connectivity index (χ3v) is 8.45. The number of benzene rings is 3. The third kappa shape index (κ3) is 1.86. The molecule has 3 heteroatoms. The second-order valence-electron chi connectivity index (χ2n) is 7.57. The van der Waals surface area contributed by atoms with E-state index in [0.29, 0.717) is 0 Å². The molecule has 6 aromatic rings. The van der Waals surface area contributed by atoms with Crippen LogP contribution in [-0.4, -0.2) is 0 Å². The zero-order valence-corrected chi connectivity index (χ0v) is 16.8. The van der Waals surface area contributed by atoms with Gasteiger partial charge in [0, 0.05) is 35.8 Å². The van der Waals surface area contributed by atoms with Crippen LogP contribution in [0, 0.1) is 0 Å². The van der Waals surface area contributed by atoms with Crippen LogP contribution in [0.25, 0.3) is 57.9 Å². The van der Waals surface area contributed by atoms with Crippen LogP contribution < -0.4 is 0 Å². The van der Waals surface area contributed by atoms with Crippen molar-refractivity contribution in [2.24, 2.45) is 0 Å². The molecule has 0 unspecified atom stereocenters. The fourth-order valence-electron chi connectivity index (χ4n) is 4.91. The second kappa shape index (κ2) is 5.47. The smallest absolute Gasteiger partial charge is 0.144 e. The highest BCUT2D eigenvalue weighted by molar-refractivity contribution is 7.24. The van der Waals surface area contributed by atoms with E-state index < -0.39 is 0 Å². The summed E-state index contributed by atoms with van der Waals surface area (Å²) in [6.07, 6.45) is 7.94. The zero-order valence-electron chi connectivity index (χ0n) is 15.1. The van der Waals surface area contributed by atoms with Gasteiger partial charge in [-0.1, -0.05) is 30.3 Å². The van der Waals surface area contributed by atoms with Crippen molar-refractivity contribution < 1.29 is 4.42 Å². The Morgan fingerprint density at radius 1 is 0.714 bits per heavy atom. The molecule has 7 rings (SSSR count). The fraction of sp³-hybridized carbons (Fsp3) is 0.120. The average Bonchev–Trinajstić information content (AvgIpc) is 3.51. The highest BCUT2D eigenvalue weighted by Crippen LogP contribution is 2.52. The number of allylic oxidation sites excluding steroid dienone is 2. The van der Waals surface area contributed by atoms with Crippen molar-refractivity contribution in [3.63, 3.8) is 0 Å². The Morgan fingerprint density at radius 3 is 2.07 bits per heavy atom. The summed E-state index contributed by atoms with van der Waals surface area (Å²) >= 11 is 3.82. The molecule has 0 aliphatic heterocycles. The first-order chi connectivity index (χ1) is 13.9. The van der Waals surface area contributed by atoms with Crippen molar-refractivity contribution in [2.75, 3.05) is 0 Å². The molecule has 3 aromatic heterocycles. The van der Waals surface area contributed by atoms with E-state index in [1.54, 1.807) is 11.8 Å². The maximum Gasteiger partial charge on any atom is 0.144 e. The molecular weight excluding hydrogens is 380 g/mol. The SMILES string of the molecule is C1=C(c2sc3cccc4c5c(-c6ccco6)sc6cccc(c2c34)c65)CCC1. The van der Waals surface area contributed by atoms with Crippen LogP contribution >= 0.6 is 22.7 Å². The largest absolute Gasteiger partial charge is 0.463 e. The molecule has 134 valence electrons. The van der Waals surface area contributed by atoms with E-state index in [4.69, 9.17) is 4.42 Å². The van der Waals surface area contributed by atoms with Crippen molar-refractivity contribution in [2.45, 2.75) is 19.3 Å². The highest BCUT2D eigenvalue weighted by Gasteiger charge is 2.24. The summed E-state index contributed by atoms with van der Waals surface area (Å²) in [4.78, 5) is 2.74. The van der Waals surface area contributed by atoms with Gasteiger partial charge in [-0.05, 0) is 59.9 Å². The standard InChI is InChI=1S/C25H16OS2/c1-2-7-14(6-1)24-22-15-8-3-12-19-21(15)23(25(28-19)17-10-5-13-26-17)16-9-4-11-18(27-24)20(16)22/h3-6,8-13H,1-2,7H2. The Balaban J connectivity index is 1.77. The van der Waals surface area contributed by atoms with E-state index in [1.165, 1.54) is 70.7 Å². The lowest BCUT2D eigenvalue weighted by Gasteiger charge is -2.09. The van der Waals surface area contributed by atoms with Crippen LogP contribution in [0.5, 0.6) is 0 Å². The lowest BCUT2D eigenvalue weighted by Crippen LogP contribution is -1.83. The number of fused-ring (bicyclic) bond motifs is 2. The van der Waals surface area contributed by atoms with E-state index >= 15 is 0 Å². The maximum absolute atomic E-state index is 5.83. The van der Waals surface area contributed by atoms with Gasteiger partial charge in [0.15, 0.2) is 0 Å². The van der Waals surface area contributed by atoms with E-state index in [9.17, 15) is 0 Å². The van der Waals surface area contributed by atoms with Crippen molar-refractivity contribution in [3.8, 4) is 10.6 Å². The Morgan fingerprint density at radius 2 is 1.43 bits per heavy atom. The molecule has 1 aliphatic rings. The fourth-order valence-corrected chi connectivity index (χ4v) is 7.43. The third-order valence-electron chi connectivity index (χ3n) is 6.05. The van der Waals surface area contributed by atoms with Gasteiger partial charge in [0.2, 0.25) is 0 Å². The molecule has 0 saturated heterocycles. The molecule has 3 aromatic carbocycles. The maximum atomic E-state index is 5.83. The topological polar surface area (TPSA) is 13.1 Å². The molecule has 0 fully saturated rings. The van der Waals surface area contributed by atoms with E-state index in [0.717, 1.165) is 5.76 Å². The number of hydrogen-bond donors (Lipinski definition) is 0. The molecule has 28 heavy (non-hydrogen) atoms. The molecule has 1 nitrogen and oxygen atoms in total. The minimum absolute atomic E-state index is 0.969. The Kier molecular flexibility index (Phi) is 2.99. The minimum atomic E-state index is 0.969. The van der Waals surface area contributed by atoms with E-state index in [2.05, 4.69) is 48.5 Å². The van der Waals surface area contributed by atoms with Gasteiger partial charge >= 0.3 is 0 Å². The Hall–Kier alpha value is -2.62. The number of furan rings is 1. The first kappa shape index (κ1) is 15.3. The Bertz CT molecular complexity index is 1530. The number of thiophene rings is 2. The molecule has 3 heterocycles. The predicted octanol–water partition coefficient (Wildman–Crippen LogP) is 8.69. The van der Waals surface area contributed by atoms with Crippen LogP contribution in [-0.2, 0) is 0 Å². The first-order valence-electron chi connectivity index (χ1n) is 9.75.